The lowest BCUT2D eigenvalue weighted by Crippen LogP contribution is -2.71. The lowest BCUT2D eigenvalue weighted by atomic mass is 10.0. The number of oxime groups is 1. The molecule has 2 amide bonds. The number of hydrogen-bond donors (Lipinski definition) is 1. The van der Waals surface area contributed by atoms with Crippen molar-refractivity contribution in [3.05, 3.63) is 41.6 Å². The van der Waals surface area contributed by atoms with E-state index in [1.807, 2.05) is 0 Å². The SMILES string of the molecule is CCON=C(C(=O)COS(=O)(=O)c1ccccc1)C(=O)NC1C(=O)N2C(C(=O)OCOC(=O)OCC)=C(COC)CS[C@H]12. The van der Waals surface area contributed by atoms with E-state index in [2.05, 4.69) is 19.9 Å². The molecule has 1 saturated heterocycles. The summed E-state index contributed by atoms with van der Waals surface area (Å²) in [5, 5.41) is 5.09. The van der Waals surface area contributed by atoms with Crippen LogP contribution in [0, 0.1) is 0 Å². The van der Waals surface area contributed by atoms with E-state index in [0.29, 0.717) is 5.57 Å². The molecule has 0 bridgehead atoms. The monoisotopic (exact) mass is 643 g/mol. The first-order chi connectivity index (χ1) is 20.5. The highest BCUT2D eigenvalue weighted by molar-refractivity contribution is 8.00. The van der Waals surface area contributed by atoms with Crippen LogP contribution in [0.1, 0.15) is 13.8 Å². The second-order valence-electron chi connectivity index (χ2n) is 8.43. The average molecular weight is 644 g/mol. The maximum atomic E-state index is 13.1. The van der Waals surface area contributed by atoms with Crippen LogP contribution in [0.25, 0.3) is 0 Å². The number of hydrogen-bond acceptors (Lipinski definition) is 15. The highest BCUT2D eigenvalue weighted by atomic mass is 32.2. The van der Waals surface area contributed by atoms with E-state index in [1.165, 1.54) is 50.1 Å². The number of benzene rings is 1. The van der Waals surface area contributed by atoms with Crippen LogP contribution in [-0.2, 0) is 57.3 Å². The van der Waals surface area contributed by atoms with Gasteiger partial charge in [0.25, 0.3) is 21.9 Å². The number of nitrogens with one attached hydrogen (secondary N) is 1. The third-order valence-electron chi connectivity index (χ3n) is 5.62. The molecule has 1 aromatic carbocycles. The van der Waals surface area contributed by atoms with Crippen molar-refractivity contribution in [3.63, 3.8) is 0 Å². The van der Waals surface area contributed by atoms with Gasteiger partial charge in [-0.25, -0.2) is 9.59 Å². The van der Waals surface area contributed by atoms with Gasteiger partial charge in [0, 0.05) is 12.9 Å². The minimum absolute atomic E-state index is 0.0186. The van der Waals surface area contributed by atoms with Crippen molar-refractivity contribution < 1.29 is 60.4 Å². The fraction of sp³-hybridized carbons (Fsp3) is 0.440. The number of Topliss-reactive ketones (excluding diaryl/α,β-unsaturated/α-hetero) is 1. The summed E-state index contributed by atoms with van der Waals surface area (Å²) >= 11 is 1.20. The number of ether oxygens (including phenoxy) is 4. The highest BCUT2D eigenvalue weighted by Gasteiger charge is 2.55. The first-order valence-electron chi connectivity index (χ1n) is 12.7. The molecule has 2 heterocycles. The molecule has 234 valence electrons. The van der Waals surface area contributed by atoms with Crippen LogP contribution < -0.4 is 5.32 Å². The molecule has 0 aliphatic carbocycles. The standard InChI is InChI=1S/C25H29N3O13S2/c1-4-37-25(33)39-14-38-24(32)20-15(11-36-3)13-42-23-19(22(31)28(20)23)26-21(30)18(27-40-5-2)17(29)12-41-43(34,35)16-9-7-6-8-10-16/h6-10,19,23H,4-5,11-14H2,1-3H3,(H,26,30)/t19?,23-/m1/s1. The number of esters is 1. The van der Waals surface area contributed by atoms with Crippen LogP contribution in [0.3, 0.4) is 0 Å². The molecule has 2 aliphatic rings. The van der Waals surface area contributed by atoms with Gasteiger partial charge in [0.15, 0.2) is 0 Å². The van der Waals surface area contributed by atoms with Crippen LogP contribution in [-0.4, -0.2) is 106 Å². The molecular weight excluding hydrogens is 614 g/mol. The molecular formula is C25H29N3O13S2. The number of nitrogens with zero attached hydrogens (tertiary/aromatic N) is 2. The Labute approximate surface area is 250 Å². The van der Waals surface area contributed by atoms with Crippen LogP contribution >= 0.6 is 11.8 Å². The highest BCUT2D eigenvalue weighted by Crippen LogP contribution is 2.40. The summed E-state index contributed by atoms with van der Waals surface area (Å²) in [4.78, 5) is 68.9. The third-order valence-corrected chi connectivity index (χ3v) is 8.23. The van der Waals surface area contributed by atoms with Crippen molar-refractivity contribution in [1.82, 2.24) is 10.2 Å². The maximum absolute atomic E-state index is 13.1. The summed E-state index contributed by atoms with van der Waals surface area (Å²) in [6.07, 6.45) is -1.05. The molecule has 0 radical (unpaired) electrons. The number of amides is 2. The van der Waals surface area contributed by atoms with E-state index in [1.54, 1.807) is 13.0 Å². The van der Waals surface area contributed by atoms with Crippen molar-refractivity contribution in [2.75, 3.05) is 46.1 Å². The number of thioether (sulfide) groups is 1. The number of fused-ring (bicyclic) bond motifs is 1. The molecule has 1 aromatic rings. The van der Waals surface area contributed by atoms with Gasteiger partial charge < -0.3 is 29.1 Å². The summed E-state index contributed by atoms with van der Waals surface area (Å²) in [6.45, 7) is 1.26. The smallest absolute Gasteiger partial charge is 0.435 e. The lowest BCUT2D eigenvalue weighted by molar-refractivity contribution is -0.157. The first-order valence-corrected chi connectivity index (χ1v) is 15.1. The second kappa shape index (κ2) is 15.5. The Bertz CT molecular complexity index is 1400. The van der Waals surface area contributed by atoms with E-state index >= 15 is 0 Å². The molecule has 2 atom stereocenters. The number of carbonyl (C=O) groups is 5. The minimum Gasteiger partial charge on any atom is -0.435 e. The van der Waals surface area contributed by atoms with Crippen LogP contribution in [0.2, 0.25) is 0 Å². The number of carbonyl (C=O) groups excluding carboxylic acids is 5. The predicted octanol–water partition coefficient (Wildman–Crippen LogP) is 0.328. The fourth-order valence-corrected chi connectivity index (χ4v) is 5.94. The Morgan fingerprint density at radius 1 is 1.07 bits per heavy atom. The van der Waals surface area contributed by atoms with Gasteiger partial charge in [-0.05, 0) is 31.6 Å². The van der Waals surface area contributed by atoms with Crippen molar-refractivity contribution in [1.29, 1.82) is 0 Å². The summed E-state index contributed by atoms with van der Waals surface area (Å²) in [7, 11) is -2.93. The fourth-order valence-electron chi connectivity index (χ4n) is 3.73. The molecule has 16 nitrogen and oxygen atoms in total. The van der Waals surface area contributed by atoms with Gasteiger partial charge in [-0.15, -0.1) is 11.8 Å². The van der Waals surface area contributed by atoms with Crippen LogP contribution in [0.15, 0.2) is 51.7 Å². The van der Waals surface area contributed by atoms with Crippen molar-refractivity contribution >= 4 is 57.3 Å². The topological polar surface area (TPSA) is 202 Å². The Morgan fingerprint density at radius 3 is 2.44 bits per heavy atom. The maximum Gasteiger partial charge on any atom is 0.511 e. The summed E-state index contributed by atoms with van der Waals surface area (Å²) in [6, 6.07) is 5.85. The van der Waals surface area contributed by atoms with E-state index in [9.17, 15) is 32.4 Å². The van der Waals surface area contributed by atoms with Crippen LogP contribution in [0.5, 0.6) is 0 Å². The van der Waals surface area contributed by atoms with Crippen molar-refractivity contribution in [2.45, 2.75) is 30.2 Å². The molecule has 0 aromatic heterocycles. The quantitative estimate of drug-likeness (QED) is 0.0521. The largest absolute Gasteiger partial charge is 0.511 e. The zero-order valence-corrected chi connectivity index (χ0v) is 24.9. The molecule has 0 spiro atoms. The van der Waals surface area contributed by atoms with Crippen LogP contribution in [0.4, 0.5) is 4.79 Å². The average Bonchev–Trinajstić information content (AvgIpc) is 2.99. The number of β-lactam (4-membered cyclic amide) rings is 1. The molecule has 0 saturated carbocycles. The van der Waals surface area contributed by atoms with E-state index in [-0.39, 0.29) is 36.2 Å². The van der Waals surface area contributed by atoms with Gasteiger partial charge in [-0.3, -0.25) is 23.5 Å². The summed E-state index contributed by atoms with van der Waals surface area (Å²) in [5.41, 5.74) is -0.565. The summed E-state index contributed by atoms with van der Waals surface area (Å²) in [5.74, 6) is -3.74. The van der Waals surface area contributed by atoms with Gasteiger partial charge in [0.1, 0.15) is 30.3 Å². The number of ketones is 1. The zero-order valence-electron chi connectivity index (χ0n) is 23.3. The van der Waals surface area contributed by atoms with E-state index in [0.717, 1.165) is 4.90 Å². The minimum atomic E-state index is -4.32. The Kier molecular flexibility index (Phi) is 12.0. The molecule has 1 N–H and O–H groups in total. The first kappa shape index (κ1) is 33.5. The van der Waals surface area contributed by atoms with Gasteiger partial charge in [0.05, 0.1) is 18.1 Å². The molecule has 3 rings (SSSR count). The molecule has 43 heavy (non-hydrogen) atoms. The van der Waals surface area contributed by atoms with Gasteiger partial charge in [0.2, 0.25) is 18.3 Å². The normalized spacial score (nSPS) is 18.3. The Balaban J connectivity index is 1.70. The Hall–Kier alpha value is -4.00. The van der Waals surface area contributed by atoms with Crippen molar-refractivity contribution in [2.24, 2.45) is 5.16 Å². The number of methoxy groups -OCH3 is 1. The predicted molar refractivity (Wildman–Crippen MR) is 147 cm³/mol. The van der Waals surface area contributed by atoms with E-state index in [4.69, 9.17) is 18.5 Å². The molecule has 18 heteroatoms. The summed E-state index contributed by atoms with van der Waals surface area (Å²) < 4.78 is 48.9. The molecule has 2 aliphatic heterocycles. The second-order valence-corrected chi connectivity index (χ2v) is 11.2. The molecule has 1 fully saturated rings. The lowest BCUT2D eigenvalue weighted by Gasteiger charge is -2.49. The van der Waals surface area contributed by atoms with Gasteiger partial charge in [-0.2, -0.15) is 8.42 Å². The van der Waals surface area contributed by atoms with Gasteiger partial charge >= 0.3 is 12.1 Å². The zero-order chi connectivity index (χ0) is 31.6. The third kappa shape index (κ3) is 8.31. The number of rotatable bonds is 15. The Morgan fingerprint density at radius 2 is 1.79 bits per heavy atom. The van der Waals surface area contributed by atoms with Crippen molar-refractivity contribution in [3.8, 4) is 0 Å². The van der Waals surface area contributed by atoms with E-state index < -0.39 is 70.4 Å². The molecule has 1 unspecified atom stereocenters. The van der Waals surface area contributed by atoms with Gasteiger partial charge in [-0.1, -0.05) is 23.4 Å².